The third-order valence-electron chi connectivity index (χ3n) is 6.08. The number of hydrogen-bond donors (Lipinski definition) is 1. The van der Waals surface area contributed by atoms with Gasteiger partial charge in [-0.2, -0.15) is 0 Å². The largest absolute Gasteiger partial charge is 0.493 e. The highest BCUT2D eigenvalue weighted by molar-refractivity contribution is 5.53. The van der Waals surface area contributed by atoms with Gasteiger partial charge < -0.3 is 15.4 Å². The van der Waals surface area contributed by atoms with Crippen LogP contribution in [0.1, 0.15) is 57.1 Å². The summed E-state index contributed by atoms with van der Waals surface area (Å²) in [4.78, 5) is 6.74. The molecule has 0 saturated heterocycles. The number of benzene rings is 1. The number of nitrogens with zero attached hydrogens (tertiary/aromatic N) is 4. The summed E-state index contributed by atoms with van der Waals surface area (Å²) in [5.41, 5.74) is 8.13. The van der Waals surface area contributed by atoms with Gasteiger partial charge in [0.05, 0.1) is 12.9 Å². The van der Waals surface area contributed by atoms with Crippen LogP contribution in [-0.4, -0.2) is 68.1 Å². The van der Waals surface area contributed by atoms with E-state index >= 15 is 0 Å². The molecule has 1 aromatic carbocycles. The molecule has 0 aromatic heterocycles. The molecule has 1 atom stereocenters. The number of nitrogens with two attached hydrogens (primary N) is 1. The number of aliphatic imine (C=N–C) groups is 1. The van der Waals surface area contributed by atoms with E-state index in [4.69, 9.17) is 10.5 Å². The SMILES string of the molecule is CCCN(CCC)CCCCC1COc2cc(CN(C/C=C\N)N(C)C=NC)ccc2C1. The molecule has 1 unspecified atom stereocenters. The monoisotopic (exact) mass is 443 g/mol. The lowest BCUT2D eigenvalue weighted by molar-refractivity contribution is 0.0809. The summed E-state index contributed by atoms with van der Waals surface area (Å²) in [7, 11) is 3.78. The molecule has 0 bridgehead atoms. The smallest absolute Gasteiger partial charge is 0.122 e. The predicted molar refractivity (Wildman–Crippen MR) is 136 cm³/mol. The van der Waals surface area contributed by atoms with E-state index in [1.807, 2.05) is 24.5 Å². The van der Waals surface area contributed by atoms with E-state index in [9.17, 15) is 0 Å². The molecule has 1 aliphatic rings. The molecule has 2 rings (SSSR count). The standard InChI is InChI=1S/C26H45N5O/c1-5-14-30(15-6-2)16-8-7-10-24-18-25-12-11-23(19-26(25)32-21-24)20-31(17-9-13-27)29(4)22-28-3/h9,11-13,19,22,24H,5-8,10,14-18,20-21,27H2,1-4H3/b13-9-,28-22?. The fourth-order valence-corrected chi connectivity index (χ4v) is 4.44. The van der Waals surface area contributed by atoms with Crippen LogP contribution >= 0.6 is 0 Å². The first-order valence-corrected chi connectivity index (χ1v) is 12.3. The van der Waals surface area contributed by atoms with Crippen molar-refractivity contribution >= 4 is 6.34 Å². The predicted octanol–water partition coefficient (Wildman–Crippen LogP) is 4.31. The van der Waals surface area contributed by atoms with Gasteiger partial charge in [0, 0.05) is 27.2 Å². The molecule has 1 aliphatic heterocycles. The zero-order valence-corrected chi connectivity index (χ0v) is 20.8. The molecular formula is C26H45N5O. The molecule has 6 nitrogen and oxygen atoms in total. The maximum Gasteiger partial charge on any atom is 0.122 e. The van der Waals surface area contributed by atoms with Crippen molar-refractivity contribution in [3.8, 4) is 5.75 Å². The Morgan fingerprint density at radius 2 is 1.94 bits per heavy atom. The molecule has 0 fully saturated rings. The summed E-state index contributed by atoms with van der Waals surface area (Å²) in [6.07, 6.45) is 12.8. The maximum absolute atomic E-state index is 6.20. The van der Waals surface area contributed by atoms with Crippen molar-refractivity contribution < 1.29 is 4.74 Å². The van der Waals surface area contributed by atoms with Crippen LogP contribution in [0.3, 0.4) is 0 Å². The van der Waals surface area contributed by atoms with Crippen LogP contribution in [0.4, 0.5) is 0 Å². The van der Waals surface area contributed by atoms with E-state index in [0.717, 1.165) is 31.9 Å². The Kier molecular flexibility index (Phi) is 12.2. The van der Waals surface area contributed by atoms with E-state index < -0.39 is 0 Å². The third-order valence-corrected chi connectivity index (χ3v) is 6.08. The molecule has 0 radical (unpaired) electrons. The van der Waals surface area contributed by atoms with Crippen molar-refractivity contribution in [2.24, 2.45) is 16.6 Å². The first-order valence-electron chi connectivity index (χ1n) is 12.3. The van der Waals surface area contributed by atoms with Gasteiger partial charge in [0.25, 0.3) is 0 Å². The van der Waals surface area contributed by atoms with Gasteiger partial charge in [0.2, 0.25) is 0 Å². The van der Waals surface area contributed by atoms with Crippen LogP contribution in [0.25, 0.3) is 0 Å². The van der Waals surface area contributed by atoms with Gasteiger partial charge >= 0.3 is 0 Å². The Labute approximate surface area is 196 Å². The number of rotatable bonds is 15. The van der Waals surface area contributed by atoms with Gasteiger partial charge in [-0.1, -0.05) is 38.5 Å². The lowest BCUT2D eigenvalue weighted by Gasteiger charge is -2.30. The molecule has 0 aliphatic carbocycles. The third kappa shape index (κ3) is 8.83. The van der Waals surface area contributed by atoms with E-state index in [1.54, 1.807) is 13.2 Å². The highest BCUT2D eigenvalue weighted by atomic mass is 16.5. The van der Waals surface area contributed by atoms with Crippen LogP contribution in [0, 0.1) is 5.92 Å². The van der Waals surface area contributed by atoms with Gasteiger partial charge in [-0.05, 0) is 81.0 Å². The van der Waals surface area contributed by atoms with Gasteiger partial charge in [-0.15, -0.1) is 0 Å². The molecule has 0 amide bonds. The minimum absolute atomic E-state index is 0.636. The Morgan fingerprint density at radius 1 is 1.16 bits per heavy atom. The summed E-state index contributed by atoms with van der Waals surface area (Å²) < 4.78 is 6.20. The van der Waals surface area contributed by atoms with E-state index in [0.29, 0.717) is 5.92 Å². The Bertz CT molecular complexity index is 699. The molecule has 32 heavy (non-hydrogen) atoms. The van der Waals surface area contributed by atoms with Gasteiger partial charge in [0.1, 0.15) is 5.75 Å². The number of hydrazine groups is 1. The first-order chi connectivity index (χ1) is 15.6. The Balaban J connectivity index is 1.85. The zero-order chi connectivity index (χ0) is 23.2. The van der Waals surface area contributed by atoms with Crippen LogP contribution in [0.5, 0.6) is 5.75 Å². The fraction of sp³-hybridized carbons (Fsp3) is 0.654. The maximum atomic E-state index is 6.20. The highest BCUT2D eigenvalue weighted by Crippen LogP contribution is 2.31. The molecule has 1 heterocycles. The van der Waals surface area contributed by atoms with Gasteiger partial charge in [-0.25, -0.2) is 5.01 Å². The number of hydrogen-bond acceptors (Lipinski definition) is 5. The lowest BCUT2D eigenvalue weighted by atomic mass is 9.91. The first kappa shape index (κ1) is 26.2. The molecule has 6 heteroatoms. The van der Waals surface area contributed by atoms with E-state index in [1.165, 1.54) is 62.9 Å². The second-order valence-corrected chi connectivity index (χ2v) is 8.88. The lowest BCUT2D eigenvalue weighted by Crippen LogP contribution is -2.38. The normalized spacial score (nSPS) is 16.2. The second-order valence-electron chi connectivity index (χ2n) is 8.88. The summed E-state index contributed by atoms with van der Waals surface area (Å²) in [5, 5.41) is 4.18. The van der Waals surface area contributed by atoms with Crippen molar-refractivity contribution in [1.82, 2.24) is 14.9 Å². The fourth-order valence-electron chi connectivity index (χ4n) is 4.44. The van der Waals surface area contributed by atoms with Crippen molar-refractivity contribution in [2.75, 3.05) is 46.9 Å². The van der Waals surface area contributed by atoms with Gasteiger partial charge in [0.15, 0.2) is 0 Å². The van der Waals surface area contributed by atoms with Crippen molar-refractivity contribution in [2.45, 2.75) is 58.9 Å². The summed E-state index contributed by atoms with van der Waals surface area (Å²) in [6, 6.07) is 6.69. The summed E-state index contributed by atoms with van der Waals surface area (Å²) in [6.45, 7) is 10.6. The number of unbranched alkanes of at least 4 members (excludes halogenated alkanes) is 1. The zero-order valence-electron chi connectivity index (χ0n) is 20.8. The quantitative estimate of drug-likeness (QED) is 0.189. The van der Waals surface area contributed by atoms with Crippen molar-refractivity contribution in [1.29, 1.82) is 0 Å². The van der Waals surface area contributed by atoms with E-state index in [2.05, 4.69) is 46.9 Å². The molecule has 1 aromatic rings. The van der Waals surface area contributed by atoms with Crippen LogP contribution in [0.2, 0.25) is 0 Å². The van der Waals surface area contributed by atoms with E-state index in [-0.39, 0.29) is 0 Å². The summed E-state index contributed by atoms with van der Waals surface area (Å²) in [5.74, 6) is 1.69. The number of fused-ring (bicyclic) bond motifs is 1. The Morgan fingerprint density at radius 3 is 2.62 bits per heavy atom. The van der Waals surface area contributed by atoms with Crippen LogP contribution < -0.4 is 10.5 Å². The summed E-state index contributed by atoms with van der Waals surface area (Å²) >= 11 is 0. The minimum atomic E-state index is 0.636. The molecule has 2 N–H and O–H groups in total. The molecular weight excluding hydrogens is 398 g/mol. The van der Waals surface area contributed by atoms with Crippen LogP contribution in [-0.2, 0) is 13.0 Å². The Hall–Kier alpha value is -2.05. The molecule has 0 spiro atoms. The molecule has 180 valence electrons. The molecule has 0 saturated carbocycles. The number of ether oxygens (including phenoxy) is 1. The average molecular weight is 444 g/mol. The minimum Gasteiger partial charge on any atom is -0.493 e. The van der Waals surface area contributed by atoms with Crippen molar-refractivity contribution in [3.05, 3.63) is 41.6 Å². The topological polar surface area (TPSA) is 57.3 Å². The highest BCUT2D eigenvalue weighted by Gasteiger charge is 2.20. The second kappa shape index (κ2) is 14.9. The van der Waals surface area contributed by atoms with Crippen LogP contribution in [0.15, 0.2) is 35.5 Å². The van der Waals surface area contributed by atoms with Gasteiger partial charge in [-0.3, -0.25) is 10.0 Å². The van der Waals surface area contributed by atoms with Crippen molar-refractivity contribution in [3.63, 3.8) is 0 Å². The average Bonchev–Trinajstić information content (AvgIpc) is 2.79.